The van der Waals surface area contributed by atoms with E-state index in [4.69, 9.17) is 4.74 Å². The Balaban J connectivity index is 2.02. The van der Waals surface area contributed by atoms with E-state index in [9.17, 15) is 4.79 Å². The Bertz CT molecular complexity index is 179. The zero-order valence-corrected chi connectivity index (χ0v) is 9.63. The van der Waals surface area contributed by atoms with Gasteiger partial charge in [-0.2, -0.15) is 0 Å². The Morgan fingerprint density at radius 1 is 1.27 bits per heavy atom. The second-order valence-corrected chi connectivity index (χ2v) is 3.89. The summed E-state index contributed by atoms with van der Waals surface area (Å²) in [5, 5.41) is 2.94. The number of hydrogen-bond acceptors (Lipinski definition) is 2. The summed E-state index contributed by atoms with van der Waals surface area (Å²) in [6, 6.07) is 0.0646. The molecule has 0 aromatic carbocycles. The summed E-state index contributed by atoms with van der Waals surface area (Å²) in [4.78, 5) is 13.4. The van der Waals surface area contributed by atoms with Crippen molar-refractivity contribution in [3.8, 4) is 0 Å². The molecule has 0 aliphatic carbocycles. The van der Waals surface area contributed by atoms with Crippen LogP contribution < -0.4 is 5.32 Å². The van der Waals surface area contributed by atoms with Crippen LogP contribution >= 0.6 is 0 Å². The number of ether oxygens (including phenoxy) is 1. The van der Waals surface area contributed by atoms with Gasteiger partial charge in [0.15, 0.2) is 0 Å². The third kappa shape index (κ3) is 5.02. The number of unbranched alkanes of at least 4 members (excludes halogenated alkanes) is 3. The van der Waals surface area contributed by atoms with Gasteiger partial charge in [0.1, 0.15) is 0 Å². The van der Waals surface area contributed by atoms with Crippen LogP contribution in [0.3, 0.4) is 0 Å². The number of nitrogens with zero attached hydrogens (tertiary/aromatic N) is 1. The highest BCUT2D eigenvalue weighted by atomic mass is 16.5. The monoisotopic (exact) mass is 214 g/mol. The maximum absolute atomic E-state index is 11.6. The van der Waals surface area contributed by atoms with Crippen molar-refractivity contribution in [3.05, 3.63) is 0 Å². The SMILES string of the molecule is CCCCCCNC(=O)N1CCOCC1. The molecule has 0 bridgehead atoms. The highest BCUT2D eigenvalue weighted by Crippen LogP contribution is 1.99. The van der Waals surface area contributed by atoms with E-state index in [-0.39, 0.29) is 6.03 Å². The van der Waals surface area contributed by atoms with E-state index in [1.54, 1.807) is 0 Å². The Morgan fingerprint density at radius 3 is 2.67 bits per heavy atom. The number of urea groups is 1. The van der Waals surface area contributed by atoms with Gasteiger partial charge < -0.3 is 15.0 Å². The standard InChI is InChI=1S/C11H22N2O2/c1-2-3-4-5-6-12-11(14)13-7-9-15-10-8-13/h2-10H2,1H3,(H,12,14). The summed E-state index contributed by atoms with van der Waals surface area (Å²) in [5.74, 6) is 0. The molecule has 1 aliphatic rings. The van der Waals surface area contributed by atoms with E-state index >= 15 is 0 Å². The second-order valence-electron chi connectivity index (χ2n) is 3.89. The molecule has 0 aromatic rings. The van der Waals surface area contributed by atoms with Gasteiger partial charge in [-0.15, -0.1) is 0 Å². The zero-order chi connectivity index (χ0) is 10.9. The highest BCUT2D eigenvalue weighted by Gasteiger charge is 2.15. The number of carbonyl (C=O) groups excluding carboxylic acids is 1. The average Bonchev–Trinajstić information content (AvgIpc) is 2.30. The predicted octanol–water partition coefficient (Wildman–Crippen LogP) is 1.61. The van der Waals surface area contributed by atoms with E-state index in [0.717, 1.165) is 26.1 Å². The fraction of sp³-hybridized carbons (Fsp3) is 0.909. The molecule has 2 amide bonds. The van der Waals surface area contributed by atoms with E-state index in [0.29, 0.717) is 13.2 Å². The van der Waals surface area contributed by atoms with Gasteiger partial charge in [0.25, 0.3) is 0 Å². The molecule has 1 fully saturated rings. The Morgan fingerprint density at radius 2 is 2.00 bits per heavy atom. The van der Waals surface area contributed by atoms with E-state index in [2.05, 4.69) is 12.2 Å². The van der Waals surface area contributed by atoms with E-state index < -0.39 is 0 Å². The number of morpholine rings is 1. The first-order valence-corrected chi connectivity index (χ1v) is 5.95. The molecule has 0 saturated carbocycles. The Labute approximate surface area is 92.0 Å². The molecule has 0 aromatic heterocycles. The van der Waals surface area contributed by atoms with Crippen LogP contribution in [-0.2, 0) is 4.74 Å². The predicted molar refractivity (Wildman–Crippen MR) is 59.9 cm³/mol. The van der Waals surface area contributed by atoms with Gasteiger partial charge in [-0.3, -0.25) is 0 Å². The lowest BCUT2D eigenvalue weighted by Crippen LogP contribution is -2.46. The summed E-state index contributed by atoms with van der Waals surface area (Å²) in [7, 11) is 0. The van der Waals surface area contributed by atoms with Gasteiger partial charge >= 0.3 is 6.03 Å². The van der Waals surface area contributed by atoms with E-state index in [1.165, 1.54) is 19.3 Å². The maximum Gasteiger partial charge on any atom is 0.317 e. The quantitative estimate of drug-likeness (QED) is 0.706. The van der Waals surface area contributed by atoms with Gasteiger partial charge in [-0.05, 0) is 6.42 Å². The van der Waals surface area contributed by atoms with Crippen LogP contribution in [0.5, 0.6) is 0 Å². The summed E-state index contributed by atoms with van der Waals surface area (Å²) in [6.07, 6.45) is 4.79. The second kappa shape index (κ2) is 7.51. The van der Waals surface area contributed by atoms with Crippen molar-refractivity contribution in [1.29, 1.82) is 0 Å². The van der Waals surface area contributed by atoms with Crippen molar-refractivity contribution in [2.45, 2.75) is 32.6 Å². The largest absolute Gasteiger partial charge is 0.378 e. The lowest BCUT2D eigenvalue weighted by atomic mass is 10.2. The first-order chi connectivity index (χ1) is 7.34. The van der Waals surface area contributed by atoms with E-state index in [1.807, 2.05) is 4.90 Å². The first-order valence-electron chi connectivity index (χ1n) is 5.95. The highest BCUT2D eigenvalue weighted by molar-refractivity contribution is 5.74. The van der Waals surface area contributed by atoms with Gasteiger partial charge in [-0.1, -0.05) is 26.2 Å². The molecule has 1 aliphatic heterocycles. The molecule has 1 N–H and O–H groups in total. The zero-order valence-electron chi connectivity index (χ0n) is 9.63. The molecule has 0 spiro atoms. The van der Waals surface area contributed by atoms with Crippen molar-refractivity contribution >= 4 is 6.03 Å². The number of hydrogen-bond donors (Lipinski definition) is 1. The minimum absolute atomic E-state index is 0.0646. The molecule has 0 radical (unpaired) electrons. The molecule has 1 saturated heterocycles. The van der Waals surface area contributed by atoms with Crippen molar-refractivity contribution in [2.75, 3.05) is 32.8 Å². The van der Waals surface area contributed by atoms with Gasteiger partial charge in [0, 0.05) is 19.6 Å². The lowest BCUT2D eigenvalue weighted by Gasteiger charge is -2.26. The molecule has 0 unspecified atom stereocenters. The fourth-order valence-corrected chi connectivity index (χ4v) is 1.63. The summed E-state index contributed by atoms with van der Waals surface area (Å²) in [6.45, 7) is 5.77. The smallest absolute Gasteiger partial charge is 0.317 e. The van der Waals surface area contributed by atoms with Crippen molar-refractivity contribution < 1.29 is 9.53 Å². The summed E-state index contributed by atoms with van der Waals surface area (Å²) >= 11 is 0. The van der Waals surface area contributed by atoms with Gasteiger partial charge in [-0.25, -0.2) is 4.79 Å². The summed E-state index contributed by atoms with van der Waals surface area (Å²) < 4.78 is 5.19. The van der Waals surface area contributed by atoms with Crippen molar-refractivity contribution in [1.82, 2.24) is 10.2 Å². The average molecular weight is 214 g/mol. The number of amides is 2. The number of carbonyl (C=O) groups is 1. The van der Waals surface area contributed by atoms with Crippen LogP contribution in [0, 0.1) is 0 Å². The molecular formula is C11H22N2O2. The van der Waals surface area contributed by atoms with Crippen molar-refractivity contribution in [3.63, 3.8) is 0 Å². The Hall–Kier alpha value is -0.770. The molecule has 88 valence electrons. The minimum atomic E-state index is 0.0646. The van der Waals surface area contributed by atoms with Gasteiger partial charge in [0.2, 0.25) is 0 Å². The molecule has 1 heterocycles. The molecule has 4 heteroatoms. The van der Waals surface area contributed by atoms with Crippen LogP contribution in [0.25, 0.3) is 0 Å². The third-order valence-electron chi connectivity index (χ3n) is 2.60. The topological polar surface area (TPSA) is 41.6 Å². The van der Waals surface area contributed by atoms with Gasteiger partial charge in [0.05, 0.1) is 13.2 Å². The first kappa shape index (κ1) is 12.3. The van der Waals surface area contributed by atoms with Crippen LogP contribution in [0.2, 0.25) is 0 Å². The number of nitrogens with one attached hydrogen (secondary N) is 1. The maximum atomic E-state index is 11.6. The molecule has 1 rings (SSSR count). The lowest BCUT2D eigenvalue weighted by molar-refractivity contribution is 0.0532. The fourth-order valence-electron chi connectivity index (χ4n) is 1.63. The molecular weight excluding hydrogens is 192 g/mol. The number of rotatable bonds is 5. The minimum Gasteiger partial charge on any atom is -0.378 e. The van der Waals surface area contributed by atoms with Crippen LogP contribution in [0.15, 0.2) is 0 Å². The molecule has 4 nitrogen and oxygen atoms in total. The van der Waals surface area contributed by atoms with Crippen LogP contribution in [-0.4, -0.2) is 43.8 Å². The Kier molecular flexibility index (Phi) is 6.16. The molecule has 0 atom stereocenters. The van der Waals surface area contributed by atoms with Crippen LogP contribution in [0.1, 0.15) is 32.6 Å². The molecule has 15 heavy (non-hydrogen) atoms. The normalized spacial score (nSPS) is 16.5. The third-order valence-corrected chi connectivity index (χ3v) is 2.60. The summed E-state index contributed by atoms with van der Waals surface area (Å²) in [5.41, 5.74) is 0. The van der Waals surface area contributed by atoms with Crippen molar-refractivity contribution in [2.24, 2.45) is 0 Å². The van der Waals surface area contributed by atoms with Crippen LogP contribution in [0.4, 0.5) is 4.79 Å².